The second kappa shape index (κ2) is 7.91. The number of aromatic nitrogens is 2. The quantitative estimate of drug-likeness (QED) is 0.335. The standard InChI is InChI=1S/C24H19FN4O5/c1-12-6-9-18(17(25)10-12)26-20-13(2)24(31)34-22-19(20)23(30)28(15-7-8-15)27-21(22)14-4-3-5-16(11-14)29(32)33/h3-6,9-11,15,26H,7-8H2,1-2H3. The third kappa shape index (κ3) is 3.62. The largest absolute Gasteiger partial charge is 0.420 e. The predicted octanol–water partition coefficient (Wildman–Crippen LogP) is 4.76. The number of fused-ring (bicyclic) bond motifs is 1. The Hall–Kier alpha value is -4.34. The first-order valence-corrected chi connectivity index (χ1v) is 10.6. The van der Waals surface area contributed by atoms with Crippen LogP contribution in [0.5, 0.6) is 0 Å². The highest BCUT2D eigenvalue weighted by Gasteiger charge is 2.30. The van der Waals surface area contributed by atoms with E-state index < -0.39 is 21.9 Å². The number of nitro benzene ring substituents is 1. The molecule has 0 amide bonds. The molecule has 0 spiro atoms. The maximum absolute atomic E-state index is 14.6. The molecule has 1 fully saturated rings. The minimum Gasteiger partial charge on any atom is -0.420 e. The van der Waals surface area contributed by atoms with E-state index in [9.17, 15) is 24.1 Å². The molecule has 0 aliphatic heterocycles. The molecule has 1 N–H and O–H groups in total. The number of rotatable bonds is 5. The lowest BCUT2D eigenvalue weighted by molar-refractivity contribution is -0.384. The zero-order valence-electron chi connectivity index (χ0n) is 18.3. The summed E-state index contributed by atoms with van der Waals surface area (Å²) in [6.45, 7) is 3.23. The maximum atomic E-state index is 14.6. The number of benzene rings is 2. The van der Waals surface area contributed by atoms with Gasteiger partial charge in [0.2, 0.25) is 0 Å². The van der Waals surface area contributed by atoms with E-state index in [0.717, 1.165) is 12.8 Å². The maximum Gasteiger partial charge on any atom is 0.341 e. The molecule has 172 valence electrons. The average Bonchev–Trinajstić information content (AvgIpc) is 3.64. The third-order valence-electron chi connectivity index (χ3n) is 5.81. The van der Waals surface area contributed by atoms with E-state index in [0.29, 0.717) is 11.1 Å². The monoisotopic (exact) mass is 462 g/mol. The van der Waals surface area contributed by atoms with Gasteiger partial charge in [-0.25, -0.2) is 13.9 Å². The Morgan fingerprint density at radius 2 is 1.94 bits per heavy atom. The van der Waals surface area contributed by atoms with Crippen molar-refractivity contribution < 1.29 is 13.7 Å². The van der Waals surface area contributed by atoms with Gasteiger partial charge in [0.25, 0.3) is 11.2 Å². The zero-order valence-corrected chi connectivity index (χ0v) is 18.3. The SMILES string of the molecule is Cc1ccc(Nc2c(C)c(=O)oc3c(-c4cccc([N+](=O)[O-])c4)nn(C4CC4)c(=O)c23)c(F)c1. The molecule has 2 aromatic heterocycles. The van der Waals surface area contributed by atoms with Crippen LogP contribution in [0.4, 0.5) is 21.5 Å². The fourth-order valence-electron chi connectivity index (χ4n) is 3.84. The molecule has 1 saturated carbocycles. The summed E-state index contributed by atoms with van der Waals surface area (Å²) in [5.41, 5.74) is -0.0715. The van der Waals surface area contributed by atoms with Gasteiger partial charge >= 0.3 is 5.63 Å². The molecule has 9 nitrogen and oxygen atoms in total. The van der Waals surface area contributed by atoms with Gasteiger partial charge in [0.05, 0.1) is 27.9 Å². The first kappa shape index (κ1) is 21.5. The number of nitrogens with one attached hydrogen (secondary N) is 1. The Balaban J connectivity index is 1.84. The summed E-state index contributed by atoms with van der Waals surface area (Å²) in [4.78, 5) is 37.0. The van der Waals surface area contributed by atoms with Crippen LogP contribution in [0.1, 0.15) is 30.0 Å². The van der Waals surface area contributed by atoms with Crippen LogP contribution in [-0.4, -0.2) is 14.7 Å². The van der Waals surface area contributed by atoms with Gasteiger partial charge in [-0.2, -0.15) is 5.10 Å². The van der Waals surface area contributed by atoms with Gasteiger partial charge in [0.15, 0.2) is 5.58 Å². The number of hydrogen-bond acceptors (Lipinski definition) is 7. The van der Waals surface area contributed by atoms with Gasteiger partial charge in [-0.05, 0) is 44.4 Å². The van der Waals surface area contributed by atoms with Crippen LogP contribution in [0.15, 0.2) is 56.5 Å². The van der Waals surface area contributed by atoms with Crippen molar-refractivity contribution in [3.05, 3.63) is 90.3 Å². The Labute approximate surface area is 191 Å². The highest BCUT2D eigenvalue weighted by atomic mass is 19.1. The Kier molecular flexibility index (Phi) is 5.00. The highest BCUT2D eigenvalue weighted by Crippen LogP contribution is 2.37. The van der Waals surface area contributed by atoms with Crippen LogP contribution < -0.4 is 16.5 Å². The van der Waals surface area contributed by atoms with Gasteiger partial charge in [0.1, 0.15) is 16.9 Å². The molecule has 34 heavy (non-hydrogen) atoms. The summed E-state index contributed by atoms with van der Waals surface area (Å²) >= 11 is 0. The van der Waals surface area contributed by atoms with E-state index in [1.807, 2.05) is 0 Å². The fraction of sp³-hybridized carbons (Fsp3) is 0.208. The van der Waals surface area contributed by atoms with Crippen molar-refractivity contribution >= 4 is 28.0 Å². The highest BCUT2D eigenvalue weighted by molar-refractivity contribution is 5.99. The van der Waals surface area contributed by atoms with Crippen LogP contribution >= 0.6 is 0 Å². The first-order valence-electron chi connectivity index (χ1n) is 10.6. The summed E-state index contributed by atoms with van der Waals surface area (Å²) in [6.07, 6.45) is 1.50. The molecule has 0 bridgehead atoms. The minimum absolute atomic E-state index is 0.0282. The summed E-state index contributed by atoms with van der Waals surface area (Å²) in [5, 5.41) is 18.7. The molecule has 1 aliphatic carbocycles. The summed E-state index contributed by atoms with van der Waals surface area (Å²) in [6, 6.07) is 10.1. The molecule has 2 heterocycles. The molecule has 1 aliphatic rings. The van der Waals surface area contributed by atoms with Gasteiger partial charge in [0, 0.05) is 17.7 Å². The van der Waals surface area contributed by atoms with Crippen molar-refractivity contribution in [2.75, 3.05) is 5.32 Å². The van der Waals surface area contributed by atoms with Crippen LogP contribution in [0, 0.1) is 29.8 Å². The predicted molar refractivity (Wildman–Crippen MR) is 124 cm³/mol. The van der Waals surface area contributed by atoms with Crippen LogP contribution in [0.2, 0.25) is 0 Å². The van der Waals surface area contributed by atoms with Crippen LogP contribution in [0.25, 0.3) is 22.2 Å². The van der Waals surface area contributed by atoms with Crippen molar-refractivity contribution in [3.63, 3.8) is 0 Å². The number of nitro groups is 1. The van der Waals surface area contributed by atoms with E-state index in [-0.39, 0.29) is 45.3 Å². The number of aryl methyl sites for hydroxylation is 1. The Bertz CT molecular complexity index is 1600. The van der Waals surface area contributed by atoms with Gasteiger partial charge in [-0.15, -0.1) is 0 Å². The van der Waals surface area contributed by atoms with Gasteiger partial charge in [-0.3, -0.25) is 14.9 Å². The molecule has 0 saturated heterocycles. The number of anilines is 2. The molecular formula is C24H19FN4O5. The van der Waals surface area contributed by atoms with Gasteiger partial charge in [-0.1, -0.05) is 18.2 Å². The average molecular weight is 462 g/mol. The van der Waals surface area contributed by atoms with E-state index in [2.05, 4.69) is 10.4 Å². The normalized spacial score (nSPS) is 13.3. The zero-order chi connectivity index (χ0) is 24.1. The molecule has 10 heteroatoms. The minimum atomic E-state index is -0.737. The lowest BCUT2D eigenvalue weighted by Gasteiger charge is -2.15. The molecule has 4 aromatic rings. The summed E-state index contributed by atoms with van der Waals surface area (Å²) in [7, 11) is 0. The van der Waals surface area contributed by atoms with Crippen molar-refractivity contribution in [3.8, 4) is 11.3 Å². The number of halogens is 1. The van der Waals surface area contributed by atoms with E-state index >= 15 is 0 Å². The second-order valence-electron chi connectivity index (χ2n) is 8.34. The molecule has 5 rings (SSSR count). The molecule has 2 aromatic carbocycles. The third-order valence-corrected chi connectivity index (χ3v) is 5.81. The fourth-order valence-corrected chi connectivity index (χ4v) is 3.84. The Morgan fingerprint density at radius 1 is 1.18 bits per heavy atom. The number of hydrogen-bond donors (Lipinski definition) is 1. The van der Waals surface area contributed by atoms with E-state index in [1.165, 1.54) is 41.9 Å². The topological polar surface area (TPSA) is 120 Å². The van der Waals surface area contributed by atoms with E-state index in [4.69, 9.17) is 4.42 Å². The number of nitrogens with zero attached hydrogens (tertiary/aromatic N) is 3. The second-order valence-corrected chi connectivity index (χ2v) is 8.34. The van der Waals surface area contributed by atoms with Crippen molar-refractivity contribution in [1.82, 2.24) is 9.78 Å². The Morgan fingerprint density at radius 3 is 2.62 bits per heavy atom. The van der Waals surface area contributed by atoms with Crippen molar-refractivity contribution in [2.45, 2.75) is 32.7 Å². The smallest absolute Gasteiger partial charge is 0.341 e. The molecular weight excluding hydrogens is 443 g/mol. The molecule has 0 atom stereocenters. The van der Waals surface area contributed by atoms with Crippen molar-refractivity contribution in [2.24, 2.45) is 0 Å². The van der Waals surface area contributed by atoms with Crippen molar-refractivity contribution in [1.29, 1.82) is 0 Å². The lowest BCUT2D eigenvalue weighted by atomic mass is 10.1. The summed E-state index contributed by atoms with van der Waals surface area (Å²) in [5.74, 6) is -0.545. The van der Waals surface area contributed by atoms with E-state index in [1.54, 1.807) is 19.1 Å². The van der Waals surface area contributed by atoms with Crippen LogP contribution in [0.3, 0.4) is 0 Å². The first-order chi connectivity index (χ1) is 16.2. The lowest BCUT2D eigenvalue weighted by Crippen LogP contribution is -2.25. The molecule has 0 radical (unpaired) electrons. The van der Waals surface area contributed by atoms with Crippen LogP contribution in [-0.2, 0) is 0 Å². The molecule has 0 unspecified atom stereocenters. The summed E-state index contributed by atoms with van der Waals surface area (Å²) < 4.78 is 21.4. The number of non-ortho nitro benzene ring substituents is 1. The van der Waals surface area contributed by atoms with Gasteiger partial charge < -0.3 is 9.73 Å².